The summed E-state index contributed by atoms with van der Waals surface area (Å²) in [6.45, 7) is 3.53. The fourth-order valence-corrected chi connectivity index (χ4v) is 4.04. The first-order chi connectivity index (χ1) is 16.0. The number of hydrogen-bond acceptors (Lipinski definition) is 4. The van der Waals surface area contributed by atoms with Crippen molar-refractivity contribution in [2.45, 2.75) is 38.7 Å². The first kappa shape index (κ1) is 25.4. The smallest absolute Gasteiger partial charge is 0.416 e. The largest absolute Gasteiger partial charge is 0.772 e. The molecule has 1 heterocycles. The number of nitrogens with zero attached hydrogens (tertiary/aromatic N) is 1. The number of carbonyl (C=O) groups excluding carboxylic acids is 1. The molecule has 1 amide bonds. The third-order valence-electron chi connectivity index (χ3n) is 5.37. The third-order valence-corrected chi connectivity index (χ3v) is 5.94. The molecule has 0 saturated heterocycles. The first-order valence-corrected chi connectivity index (χ1v) is 11.6. The maximum atomic E-state index is 13.2. The zero-order valence-electron chi connectivity index (χ0n) is 18.4. The van der Waals surface area contributed by atoms with Gasteiger partial charge in [0, 0.05) is 23.7 Å². The monoisotopic (exact) mass is 491 g/mol. The molecule has 1 atom stereocenters. The van der Waals surface area contributed by atoms with Gasteiger partial charge >= 0.3 is 6.18 Å². The Kier molecular flexibility index (Phi) is 7.73. The highest BCUT2D eigenvalue weighted by atomic mass is 32.2. The molecule has 1 N–H and O–H groups in total. The van der Waals surface area contributed by atoms with Gasteiger partial charge in [0.15, 0.2) is 0 Å². The lowest BCUT2D eigenvalue weighted by Gasteiger charge is -2.17. The van der Waals surface area contributed by atoms with E-state index in [9.17, 15) is 31.5 Å². The van der Waals surface area contributed by atoms with Crippen LogP contribution in [-0.4, -0.2) is 19.2 Å². The summed E-state index contributed by atoms with van der Waals surface area (Å²) in [5.74, 6) is -0.782. The second-order valence-corrected chi connectivity index (χ2v) is 8.55. The lowest BCUT2D eigenvalue weighted by molar-refractivity contribution is -0.137. The second-order valence-electron chi connectivity index (χ2n) is 7.66. The Morgan fingerprint density at radius 1 is 1.09 bits per heavy atom. The maximum absolute atomic E-state index is 13.2. The molecule has 0 fully saturated rings. The van der Waals surface area contributed by atoms with Crippen LogP contribution >= 0.6 is 0 Å². The summed E-state index contributed by atoms with van der Waals surface area (Å²) in [4.78, 5) is 26.0. The van der Waals surface area contributed by atoms with E-state index in [2.05, 4.69) is 5.32 Å². The van der Waals surface area contributed by atoms with Gasteiger partial charge in [-0.15, -0.1) is 0 Å². The zero-order valence-corrected chi connectivity index (χ0v) is 19.3. The number of aryl methyl sites for hydroxylation is 1. The molecule has 34 heavy (non-hydrogen) atoms. The molecule has 1 aromatic heterocycles. The molecule has 180 valence electrons. The molecule has 3 rings (SSSR count). The standard InChI is InChI=1S/C24H23F3N2O4S/c1-3-18-11-21(22(30)28-13-16-7-9-17(10-8-16)14-34(32)33)23(31)29(15(18)2)20-6-4-5-19(12-20)24(25,26)27/h4-12H,3,13-14H2,1-2H3,(H,28,30)(H,32,33)/p-1. The molecule has 0 saturated carbocycles. The molecular weight excluding hydrogens is 469 g/mol. The molecular formula is C24H22F3N2O4S-. The summed E-state index contributed by atoms with van der Waals surface area (Å²) in [5, 5.41) is 2.65. The highest BCUT2D eigenvalue weighted by molar-refractivity contribution is 7.78. The molecule has 0 aliphatic carbocycles. The first-order valence-electron chi connectivity index (χ1n) is 10.4. The number of halogens is 3. The number of carbonyl (C=O) groups is 1. The molecule has 6 nitrogen and oxygen atoms in total. The van der Waals surface area contributed by atoms with E-state index in [4.69, 9.17) is 0 Å². The Morgan fingerprint density at radius 3 is 2.32 bits per heavy atom. The van der Waals surface area contributed by atoms with Crippen molar-refractivity contribution in [1.29, 1.82) is 0 Å². The van der Waals surface area contributed by atoms with Crippen molar-refractivity contribution in [3.05, 3.63) is 98.5 Å². The molecule has 0 spiro atoms. The van der Waals surface area contributed by atoms with Crippen molar-refractivity contribution >= 4 is 17.0 Å². The minimum atomic E-state index is -4.58. The van der Waals surface area contributed by atoms with Gasteiger partial charge in [0.2, 0.25) is 0 Å². The Hall–Kier alpha value is -3.24. The van der Waals surface area contributed by atoms with Crippen molar-refractivity contribution in [3.63, 3.8) is 0 Å². The average Bonchev–Trinajstić information content (AvgIpc) is 2.78. The molecule has 10 heteroatoms. The van der Waals surface area contributed by atoms with E-state index >= 15 is 0 Å². The molecule has 0 bridgehead atoms. The Balaban J connectivity index is 1.93. The summed E-state index contributed by atoms with van der Waals surface area (Å²) >= 11 is -2.21. The van der Waals surface area contributed by atoms with Crippen molar-refractivity contribution < 1.29 is 26.7 Å². The van der Waals surface area contributed by atoms with Crippen LogP contribution in [0.15, 0.2) is 59.4 Å². The predicted molar refractivity (Wildman–Crippen MR) is 121 cm³/mol. The van der Waals surface area contributed by atoms with Crippen LogP contribution in [0.4, 0.5) is 13.2 Å². The summed E-state index contributed by atoms with van der Waals surface area (Å²) in [6.07, 6.45) is -4.11. The van der Waals surface area contributed by atoms with E-state index in [0.717, 1.165) is 16.7 Å². The molecule has 3 aromatic rings. The van der Waals surface area contributed by atoms with Crippen molar-refractivity contribution in [2.75, 3.05) is 0 Å². The summed E-state index contributed by atoms with van der Waals surface area (Å²) in [5.41, 5.74) is 0.611. The van der Waals surface area contributed by atoms with Gasteiger partial charge in [0.05, 0.1) is 5.56 Å². The topological polar surface area (TPSA) is 91.2 Å². The van der Waals surface area contributed by atoms with Gasteiger partial charge in [-0.05, 0) is 54.3 Å². The van der Waals surface area contributed by atoms with Gasteiger partial charge in [-0.2, -0.15) is 13.2 Å². The highest BCUT2D eigenvalue weighted by Gasteiger charge is 2.31. The van der Waals surface area contributed by atoms with Gasteiger partial charge in [-0.3, -0.25) is 18.4 Å². The number of alkyl halides is 3. The number of benzene rings is 2. The van der Waals surface area contributed by atoms with Gasteiger partial charge in [0.1, 0.15) is 5.56 Å². The van der Waals surface area contributed by atoms with Crippen LogP contribution in [0.2, 0.25) is 0 Å². The van der Waals surface area contributed by atoms with Gasteiger partial charge in [-0.25, -0.2) is 0 Å². The van der Waals surface area contributed by atoms with Crippen molar-refractivity contribution in [2.24, 2.45) is 0 Å². The van der Waals surface area contributed by atoms with Crippen LogP contribution < -0.4 is 10.9 Å². The van der Waals surface area contributed by atoms with E-state index in [-0.39, 0.29) is 23.5 Å². The number of amides is 1. The molecule has 0 aliphatic rings. The van der Waals surface area contributed by atoms with E-state index in [1.165, 1.54) is 18.2 Å². The van der Waals surface area contributed by atoms with Gasteiger partial charge < -0.3 is 9.87 Å². The Bertz CT molecular complexity index is 1280. The van der Waals surface area contributed by atoms with E-state index in [1.807, 2.05) is 6.92 Å². The van der Waals surface area contributed by atoms with Crippen LogP contribution in [0.1, 0.15) is 45.2 Å². The fraction of sp³-hybridized carbons (Fsp3) is 0.250. The minimum absolute atomic E-state index is 0.0213. The number of aromatic nitrogens is 1. The lowest BCUT2D eigenvalue weighted by atomic mass is 10.1. The van der Waals surface area contributed by atoms with Gasteiger partial charge in [0.25, 0.3) is 11.5 Å². The predicted octanol–water partition coefficient (Wildman–Crippen LogP) is 4.04. The summed E-state index contributed by atoms with van der Waals surface area (Å²) in [7, 11) is 0. The minimum Gasteiger partial charge on any atom is -0.772 e. The van der Waals surface area contributed by atoms with Crippen LogP contribution in [0.5, 0.6) is 0 Å². The van der Waals surface area contributed by atoms with Crippen LogP contribution in [0.3, 0.4) is 0 Å². The molecule has 0 radical (unpaired) electrons. The zero-order chi connectivity index (χ0) is 25.0. The number of pyridine rings is 1. The average molecular weight is 492 g/mol. The normalized spacial score (nSPS) is 12.4. The fourth-order valence-electron chi connectivity index (χ4n) is 3.58. The number of rotatable bonds is 7. The second kappa shape index (κ2) is 10.4. The van der Waals surface area contributed by atoms with Gasteiger partial charge in [-0.1, -0.05) is 48.3 Å². The van der Waals surface area contributed by atoms with E-state index < -0.39 is 34.3 Å². The van der Waals surface area contributed by atoms with E-state index in [1.54, 1.807) is 31.2 Å². The Labute approximate surface area is 196 Å². The third kappa shape index (κ3) is 5.81. The van der Waals surface area contributed by atoms with Crippen LogP contribution in [-0.2, 0) is 36.0 Å². The summed E-state index contributed by atoms with van der Waals surface area (Å²) < 4.78 is 62.3. The highest BCUT2D eigenvalue weighted by Crippen LogP contribution is 2.30. The quantitative estimate of drug-likeness (QED) is 0.505. The van der Waals surface area contributed by atoms with Crippen LogP contribution in [0, 0.1) is 6.92 Å². The number of hydrogen-bond donors (Lipinski definition) is 1. The van der Waals surface area contributed by atoms with Crippen molar-refractivity contribution in [1.82, 2.24) is 9.88 Å². The molecule has 2 aromatic carbocycles. The van der Waals surface area contributed by atoms with E-state index in [0.29, 0.717) is 28.8 Å². The molecule has 1 unspecified atom stereocenters. The Morgan fingerprint density at radius 2 is 1.74 bits per heavy atom. The number of nitrogens with one attached hydrogen (secondary N) is 1. The van der Waals surface area contributed by atoms with Crippen molar-refractivity contribution in [3.8, 4) is 5.69 Å². The lowest BCUT2D eigenvalue weighted by Crippen LogP contribution is -2.34. The molecule has 0 aliphatic heterocycles. The van der Waals surface area contributed by atoms with Crippen LogP contribution in [0.25, 0.3) is 5.69 Å². The SMILES string of the molecule is CCc1cc(C(=O)NCc2ccc(CS(=O)[O-])cc2)c(=O)n(-c2cccc(C(F)(F)F)c2)c1C. The maximum Gasteiger partial charge on any atom is 0.416 e. The summed E-state index contributed by atoms with van der Waals surface area (Å²) in [6, 6.07) is 12.4.